The third-order valence-electron chi connectivity index (χ3n) is 2.51. The average molecular weight is 211 g/mol. The summed E-state index contributed by atoms with van der Waals surface area (Å²) in [6, 6.07) is 0. The molecule has 84 valence electrons. The highest BCUT2D eigenvalue weighted by molar-refractivity contribution is 4.84. The van der Waals surface area contributed by atoms with Crippen LogP contribution in [0.4, 0.5) is 0 Å². The Morgan fingerprint density at radius 1 is 1.60 bits per heavy atom. The molecule has 0 aromatic carbocycles. The van der Waals surface area contributed by atoms with Crippen LogP contribution in [-0.4, -0.2) is 29.3 Å². The molecule has 0 aliphatic carbocycles. The van der Waals surface area contributed by atoms with Crippen molar-refractivity contribution in [2.24, 2.45) is 0 Å². The first kappa shape index (κ1) is 10.6. The van der Waals surface area contributed by atoms with Crippen molar-refractivity contribution < 1.29 is 9.26 Å². The summed E-state index contributed by atoms with van der Waals surface area (Å²) >= 11 is 0. The van der Waals surface area contributed by atoms with Crippen LogP contribution >= 0.6 is 0 Å². The lowest BCUT2D eigenvalue weighted by molar-refractivity contribution is 0.0210. The highest BCUT2D eigenvalue weighted by Gasteiger charge is 2.14. The molecule has 1 atom stereocenters. The van der Waals surface area contributed by atoms with Crippen molar-refractivity contribution in [3.63, 3.8) is 0 Å². The van der Waals surface area contributed by atoms with Crippen LogP contribution in [-0.2, 0) is 17.8 Å². The molecule has 1 aromatic rings. The van der Waals surface area contributed by atoms with E-state index in [1.54, 1.807) is 0 Å². The monoisotopic (exact) mass is 211 g/mol. The minimum absolute atomic E-state index is 0.294. The summed E-state index contributed by atoms with van der Waals surface area (Å²) in [7, 11) is 0. The third kappa shape index (κ3) is 3.00. The predicted octanol–water partition coefficient (Wildman–Crippen LogP) is 0.901. The van der Waals surface area contributed by atoms with Gasteiger partial charge in [0.2, 0.25) is 5.89 Å². The summed E-state index contributed by atoms with van der Waals surface area (Å²) in [6.07, 6.45) is 3.36. The number of ether oxygens (including phenoxy) is 1. The lowest BCUT2D eigenvalue weighted by Gasteiger charge is -2.22. The number of piperidine rings is 1. The molecule has 0 radical (unpaired) electrons. The van der Waals surface area contributed by atoms with E-state index in [4.69, 9.17) is 9.26 Å². The zero-order valence-corrected chi connectivity index (χ0v) is 9.03. The van der Waals surface area contributed by atoms with Crippen LogP contribution in [0, 0.1) is 0 Å². The number of nitrogens with zero attached hydrogens (tertiary/aromatic N) is 2. The Hall–Kier alpha value is -0.940. The molecule has 1 aliphatic heterocycles. The SMILES string of the molecule is CCc1nc(COC2CCCNC2)no1. The zero-order valence-electron chi connectivity index (χ0n) is 9.03. The molecule has 1 aliphatic rings. The van der Waals surface area contributed by atoms with Crippen molar-refractivity contribution in [2.75, 3.05) is 13.1 Å². The maximum atomic E-state index is 5.68. The number of hydrogen-bond acceptors (Lipinski definition) is 5. The molecule has 0 saturated carbocycles. The molecule has 1 unspecified atom stereocenters. The molecule has 2 heterocycles. The second-order valence-corrected chi connectivity index (χ2v) is 3.74. The fourth-order valence-electron chi connectivity index (χ4n) is 1.65. The molecule has 0 bridgehead atoms. The number of hydrogen-bond donors (Lipinski definition) is 1. The van der Waals surface area contributed by atoms with Gasteiger partial charge in [-0.1, -0.05) is 12.1 Å². The quantitative estimate of drug-likeness (QED) is 0.801. The van der Waals surface area contributed by atoms with Gasteiger partial charge < -0.3 is 14.6 Å². The lowest BCUT2D eigenvalue weighted by atomic mass is 10.1. The van der Waals surface area contributed by atoms with Crippen molar-refractivity contribution in [3.05, 3.63) is 11.7 Å². The van der Waals surface area contributed by atoms with Gasteiger partial charge in [0.25, 0.3) is 0 Å². The first-order valence-electron chi connectivity index (χ1n) is 5.52. The lowest BCUT2D eigenvalue weighted by Crippen LogP contribution is -2.35. The number of nitrogens with one attached hydrogen (secondary N) is 1. The van der Waals surface area contributed by atoms with Gasteiger partial charge in [-0.05, 0) is 19.4 Å². The molecule has 0 amide bonds. The van der Waals surface area contributed by atoms with Crippen LogP contribution in [0.3, 0.4) is 0 Å². The van der Waals surface area contributed by atoms with E-state index in [9.17, 15) is 0 Å². The van der Waals surface area contributed by atoms with Crippen molar-refractivity contribution in [1.82, 2.24) is 15.5 Å². The zero-order chi connectivity index (χ0) is 10.5. The van der Waals surface area contributed by atoms with Crippen LogP contribution in [0.2, 0.25) is 0 Å². The van der Waals surface area contributed by atoms with E-state index in [0.29, 0.717) is 24.4 Å². The highest BCUT2D eigenvalue weighted by atomic mass is 16.5. The second kappa shape index (κ2) is 5.23. The van der Waals surface area contributed by atoms with Crippen LogP contribution in [0.25, 0.3) is 0 Å². The summed E-state index contributed by atoms with van der Waals surface area (Å²) < 4.78 is 10.7. The van der Waals surface area contributed by atoms with E-state index in [2.05, 4.69) is 15.5 Å². The van der Waals surface area contributed by atoms with Gasteiger partial charge in [-0.2, -0.15) is 4.98 Å². The summed E-state index contributed by atoms with van der Waals surface area (Å²) in [6.45, 7) is 4.47. The Bertz CT molecular complexity index is 295. The van der Waals surface area contributed by atoms with Gasteiger partial charge in [-0.15, -0.1) is 0 Å². The Morgan fingerprint density at radius 3 is 3.20 bits per heavy atom. The van der Waals surface area contributed by atoms with E-state index >= 15 is 0 Å². The molecule has 15 heavy (non-hydrogen) atoms. The molecule has 5 nitrogen and oxygen atoms in total. The van der Waals surface area contributed by atoms with Crippen LogP contribution in [0.15, 0.2) is 4.52 Å². The molecule has 0 spiro atoms. The fraction of sp³-hybridized carbons (Fsp3) is 0.800. The fourth-order valence-corrected chi connectivity index (χ4v) is 1.65. The first-order valence-corrected chi connectivity index (χ1v) is 5.52. The van der Waals surface area contributed by atoms with E-state index in [1.807, 2.05) is 6.92 Å². The van der Waals surface area contributed by atoms with Gasteiger partial charge >= 0.3 is 0 Å². The third-order valence-corrected chi connectivity index (χ3v) is 2.51. The smallest absolute Gasteiger partial charge is 0.226 e. The van der Waals surface area contributed by atoms with Gasteiger partial charge in [0.05, 0.1) is 6.10 Å². The normalized spacial score (nSPS) is 21.8. The molecule has 1 N–H and O–H groups in total. The minimum Gasteiger partial charge on any atom is -0.369 e. The van der Waals surface area contributed by atoms with Gasteiger partial charge in [-0.25, -0.2) is 0 Å². The second-order valence-electron chi connectivity index (χ2n) is 3.74. The largest absolute Gasteiger partial charge is 0.369 e. The molecule has 1 aromatic heterocycles. The number of aryl methyl sites for hydroxylation is 1. The predicted molar refractivity (Wildman–Crippen MR) is 54.4 cm³/mol. The van der Waals surface area contributed by atoms with Crippen molar-refractivity contribution in [2.45, 2.75) is 38.9 Å². The molecular weight excluding hydrogens is 194 g/mol. The highest BCUT2D eigenvalue weighted by Crippen LogP contribution is 2.08. The maximum Gasteiger partial charge on any atom is 0.226 e. The summed E-state index contributed by atoms with van der Waals surface area (Å²) in [5.74, 6) is 1.33. The number of rotatable bonds is 4. The standard InChI is InChI=1S/C10H17N3O2/c1-2-10-12-9(13-15-10)7-14-8-4-3-5-11-6-8/h8,11H,2-7H2,1H3. The molecule has 2 rings (SSSR count). The van der Waals surface area contributed by atoms with Gasteiger partial charge in [-0.3, -0.25) is 0 Å². The Balaban J connectivity index is 1.76. The Labute approximate surface area is 89.2 Å². The molecule has 5 heteroatoms. The molecule has 1 saturated heterocycles. The molecular formula is C10H17N3O2. The summed E-state index contributed by atoms with van der Waals surface area (Å²) in [5.41, 5.74) is 0. The topological polar surface area (TPSA) is 60.2 Å². The first-order chi connectivity index (χ1) is 7.38. The Morgan fingerprint density at radius 2 is 2.53 bits per heavy atom. The van der Waals surface area contributed by atoms with Crippen LogP contribution in [0.5, 0.6) is 0 Å². The van der Waals surface area contributed by atoms with E-state index in [-0.39, 0.29) is 0 Å². The molecule has 1 fully saturated rings. The van der Waals surface area contributed by atoms with Gasteiger partial charge in [0.15, 0.2) is 5.82 Å². The minimum atomic E-state index is 0.294. The van der Waals surface area contributed by atoms with Crippen molar-refractivity contribution in [1.29, 1.82) is 0 Å². The summed E-state index contributed by atoms with van der Waals surface area (Å²) in [4.78, 5) is 4.19. The van der Waals surface area contributed by atoms with Crippen molar-refractivity contribution >= 4 is 0 Å². The van der Waals surface area contributed by atoms with Crippen LogP contribution in [0.1, 0.15) is 31.5 Å². The maximum absolute atomic E-state index is 5.68. The van der Waals surface area contributed by atoms with E-state index in [0.717, 1.165) is 25.9 Å². The number of aromatic nitrogens is 2. The van der Waals surface area contributed by atoms with E-state index < -0.39 is 0 Å². The van der Waals surface area contributed by atoms with E-state index in [1.165, 1.54) is 6.42 Å². The van der Waals surface area contributed by atoms with Crippen molar-refractivity contribution in [3.8, 4) is 0 Å². The summed E-state index contributed by atoms with van der Waals surface area (Å²) in [5, 5.41) is 7.14. The van der Waals surface area contributed by atoms with Crippen LogP contribution < -0.4 is 5.32 Å². The van der Waals surface area contributed by atoms with Gasteiger partial charge in [0, 0.05) is 13.0 Å². The Kier molecular flexibility index (Phi) is 3.69. The van der Waals surface area contributed by atoms with Gasteiger partial charge in [0.1, 0.15) is 6.61 Å². The average Bonchev–Trinajstić information content (AvgIpc) is 2.76.